The lowest BCUT2D eigenvalue weighted by Gasteiger charge is -2.16. The molecule has 24 heavy (non-hydrogen) atoms. The maximum Gasteiger partial charge on any atom is 0.406 e. The smallest absolute Gasteiger partial charge is 0.406 e. The van der Waals surface area contributed by atoms with Crippen LogP contribution in [0.15, 0.2) is 23.8 Å². The van der Waals surface area contributed by atoms with Crippen LogP contribution in [-0.4, -0.2) is 28.5 Å². The second-order valence-corrected chi connectivity index (χ2v) is 5.94. The van der Waals surface area contributed by atoms with Crippen molar-refractivity contribution in [3.8, 4) is 5.75 Å². The Hall–Kier alpha value is -2.44. The number of carbonyl (C=O) groups excluding carboxylic acids is 1. The van der Waals surface area contributed by atoms with Gasteiger partial charge in [0.2, 0.25) is 5.75 Å². The zero-order chi connectivity index (χ0) is 17.5. The van der Waals surface area contributed by atoms with E-state index in [4.69, 9.17) is 4.74 Å². The number of pyridine rings is 1. The number of aromatic nitrogens is 1. The highest BCUT2D eigenvalue weighted by Gasteiger charge is 2.22. The number of nitrogens with zero attached hydrogens (tertiary/aromatic N) is 2. The highest BCUT2D eigenvalue weighted by molar-refractivity contribution is 5.80. The van der Waals surface area contributed by atoms with Crippen LogP contribution >= 0.6 is 0 Å². The van der Waals surface area contributed by atoms with Crippen molar-refractivity contribution in [3.05, 3.63) is 39.6 Å². The Bertz CT molecular complexity index is 643. The quantitative estimate of drug-likeness (QED) is 0.470. The minimum absolute atomic E-state index is 0.00300. The molecule has 0 saturated heterocycles. The number of amides is 1. The molecule has 130 valence electrons. The van der Waals surface area contributed by atoms with Crippen LogP contribution in [0.25, 0.3) is 0 Å². The van der Waals surface area contributed by atoms with Crippen molar-refractivity contribution in [1.82, 2.24) is 10.3 Å². The largest absolute Gasteiger partial charge is 0.473 e. The van der Waals surface area contributed by atoms with Crippen LogP contribution in [0.2, 0.25) is 0 Å². The average Bonchev–Trinajstić information content (AvgIpc) is 2.57. The van der Waals surface area contributed by atoms with Crippen molar-refractivity contribution in [3.63, 3.8) is 0 Å². The lowest BCUT2D eigenvalue weighted by Crippen LogP contribution is -2.37. The van der Waals surface area contributed by atoms with Crippen molar-refractivity contribution < 1.29 is 14.5 Å². The van der Waals surface area contributed by atoms with Crippen LogP contribution in [0.5, 0.6) is 5.75 Å². The molecule has 0 radical (unpaired) electrons. The van der Waals surface area contributed by atoms with Crippen LogP contribution < -0.4 is 10.1 Å². The Balaban J connectivity index is 1.87. The highest BCUT2D eigenvalue weighted by atomic mass is 16.6. The maximum atomic E-state index is 12.1. The first-order chi connectivity index (χ1) is 11.5. The third kappa shape index (κ3) is 5.04. The Kier molecular flexibility index (Phi) is 6.28. The third-order valence-electron chi connectivity index (χ3n) is 3.95. The molecule has 7 heteroatoms. The molecule has 7 nitrogen and oxygen atoms in total. The predicted octanol–water partition coefficient (Wildman–Crippen LogP) is 3.07. The summed E-state index contributed by atoms with van der Waals surface area (Å²) in [5.74, 6) is -0.661. The third-order valence-corrected chi connectivity index (χ3v) is 3.95. The van der Waals surface area contributed by atoms with Crippen molar-refractivity contribution in [2.75, 3.05) is 6.54 Å². The van der Waals surface area contributed by atoms with Crippen molar-refractivity contribution in [2.24, 2.45) is 0 Å². The van der Waals surface area contributed by atoms with E-state index in [0.717, 1.165) is 19.3 Å². The average molecular weight is 333 g/mol. The number of nitrogens with one attached hydrogen (secondary N) is 1. The number of hydrogen-bond acceptors (Lipinski definition) is 5. The SMILES string of the molecule is Cc1ccc(OC(C)C(=O)NCCC2=CCCCC2)c([N+](=O)[O-])n1. The fourth-order valence-electron chi connectivity index (χ4n) is 2.62. The molecule has 0 aliphatic heterocycles. The summed E-state index contributed by atoms with van der Waals surface area (Å²) in [6.07, 6.45) is 6.93. The summed E-state index contributed by atoms with van der Waals surface area (Å²) < 4.78 is 5.44. The first-order valence-electron chi connectivity index (χ1n) is 8.21. The van der Waals surface area contributed by atoms with Crippen molar-refractivity contribution >= 4 is 11.7 Å². The first-order valence-corrected chi connectivity index (χ1v) is 8.21. The van der Waals surface area contributed by atoms with Gasteiger partial charge in [-0.15, -0.1) is 0 Å². The number of aryl methyl sites for hydroxylation is 1. The predicted molar refractivity (Wildman–Crippen MR) is 89.9 cm³/mol. The van der Waals surface area contributed by atoms with Gasteiger partial charge in [0.15, 0.2) is 6.10 Å². The molecule has 0 aromatic carbocycles. The van der Waals surface area contributed by atoms with E-state index in [0.29, 0.717) is 12.2 Å². The molecule has 1 aliphatic rings. The van der Waals surface area contributed by atoms with Gasteiger partial charge in [-0.1, -0.05) is 11.6 Å². The molecular weight excluding hydrogens is 310 g/mol. The number of rotatable bonds is 7. The zero-order valence-corrected chi connectivity index (χ0v) is 14.1. The molecule has 1 amide bonds. The highest BCUT2D eigenvalue weighted by Crippen LogP contribution is 2.25. The second-order valence-electron chi connectivity index (χ2n) is 5.94. The van der Waals surface area contributed by atoms with E-state index < -0.39 is 11.0 Å². The molecule has 0 saturated carbocycles. The van der Waals surface area contributed by atoms with Gasteiger partial charge in [0.25, 0.3) is 5.91 Å². The van der Waals surface area contributed by atoms with Crippen LogP contribution in [0.4, 0.5) is 5.82 Å². The Morgan fingerprint density at radius 3 is 2.92 bits per heavy atom. The molecule has 1 atom stereocenters. The van der Waals surface area contributed by atoms with E-state index in [-0.39, 0.29) is 17.5 Å². The van der Waals surface area contributed by atoms with Crippen molar-refractivity contribution in [1.29, 1.82) is 0 Å². The standard InChI is InChI=1S/C17H23N3O4/c1-12-8-9-15(16(19-12)20(22)23)24-13(2)17(21)18-11-10-14-6-4-3-5-7-14/h6,8-9,13H,3-5,7,10-11H2,1-2H3,(H,18,21). The van der Waals surface area contributed by atoms with Gasteiger partial charge >= 0.3 is 5.82 Å². The maximum absolute atomic E-state index is 12.1. The minimum atomic E-state index is -0.825. The van der Waals surface area contributed by atoms with E-state index in [1.54, 1.807) is 19.9 Å². The molecule has 1 unspecified atom stereocenters. The summed E-state index contributed by atoms with van der Waals surface area (Å²) in [4.78, 5) is 26.4. The van der Waals surface area contributed by atoms with E-state index in [2.05, 4.69) is 16.4 Å². The summed E-state index contributed by atoms with van der Waals surface area (Å²) in [5.41, 5.74) is 1.90. The van der Waals surface area contributed by atoms with Crippen LogP contribution in [0, 0.1) is 17.0 Å². The van der Waals surface area contributed by atoms with Gasteiger partial charge in [0, 0.05) is 13.5 Å². The Morgan fingerprint density at radius 2 is 2.25 bits per heavy atom. The molecule has 0 spiro atoms. The first kappa shape index (κ1) is 17.9. The lowest BCUT2D eigenvalue weighted by molar-refractivity contribution is -0.390. The zero-order valence-electron chi connectivity index (χ0n) is 14.1. The van der Waals surface area contributed by atoms with Crippen LogP contribution in [-0.2, 0) is 4.79 Å². The summed E-state index contributed by atoms with van der Waals surface area (Å²) >= 11 is 0. The summed E-state index contributed by atoms with van der Waals surface area (Å²) in [6, 6.07) is 3.08. The minimum Gasteiger partial charge on any atom is -0.473 e. The summed E-state index contributed by atoms with van der Waals surface area (Å²) in [7, 11) is 0. The number of allylic oxidation sites excluding steroid dienone is 1. The number of ether oxygens (including phenoxy) is 1. The fourth-order valence-corrected chi connectivity index (χ4v) is 2.62. The summed E-state index contributed by atoms with van der Waals surface area (Å²) in [6.45, 7) is 3.78. The molecule has 1 heterocycles. The second kappa shape index (κ2) is 8.42. The molecule has 1 aliphatic carbocycles. The molecule has 0 fully saturated rings. The van der Waals surface area contributed by atoms with Gasteiger partial charge in [-0.05, 0) is 61.1 Å². The normalized spacial score (nSPS) is 15.3. The van der Waals surface area contributed by atoms with Gasteiger partial charge in [0.1, 0.15) is 5.69 Å². The summed E-state index contributed by atoms with van der Waals surface area (Å²) in [5, 5.41) is 13.8. The lowest BCUT2D eigenvalue weighted by atomic mass is 9.97. The molecule has 2 rings (SSSR count). The van der Waals surface area contributed by atoms with Gasteiger partial charge in [-0.3, -0.25) is 4.79 Å². The van der Waals surface area contributed by atoms with Crippen LogP contribution in [0.3, 0.4) is 0 Å². The van der Waals surface area contributed by atoms with Gasteiger partial charge in [0.05, 0.1) is 0 Å². The molecule has 1 N–H and O–H groups in total. The van der Waals surface area contributed by atoms with E-state index in [1.807, 2.05) is 0 Å². The van der Waals surface area contributed by atoms with Crippen molar-refractivity contribution in [2.45, 2.75) is 52.1 Å². The molecular formula is C17H23N3O4. The Labute approximate surface area is 141 Å². The molecule has 1 aromatic heterocycles. The van der Waals surface area contributed by atoms with Gasteiger partial charge in [-0.25, -0.2) is 0 Å². The number of carbonyl (C=O) groups is 1. The van der Waals surface area contributed by atoms with E-state index in [9.17, 15) is 14.9 Å². The fraction of sp³-hybridized carbons (Fsp3) is 0.529. The van der Waals surface area contributed by atoms with E-state index in [1.165, 1.54) is 24.5 Å². The van der Waals surface area contributed by atoms with Gasteiger partial charge < -0.3 is 20.2 Å². The monoisotopic (exact) mass is 333 g/mol. The number of nitro groups is 1. The number of hydrogen-bond donors (Lipinski definition) is 1. The molecule has 0 bridgehead atoms. The topological polar surface area (TPSA) is 94.4 Å². The van der Waals surface area contributed by atoms with Gasteiger partial charge in [-0.2, -0.15) is 0 Å². The van der Waals surface area contributed by atoms with E-state index >= 15 is 0 Å². The molecule has 1 aromatic rings. The van der Waals surface area contributed by atoms with Crippen LogP contribution in [0.1, 0.15) is 44.7 Å². The Morgan fingerprint density at radius 1 is 1.46 bits per heavy atom.